The van der Waals surface area contributed by atoms with Gasteiger partial charge in [-0.25, -0.2) is 14.4 Å². The summed E-state index contributed by atoms with van der Waals surface area (Å²) >= 11 is 12.3. The number of aromatic nitrogens is 4. The van der Waals surface area contributed by atoms with Crippen LogP contribution in [-0.2, 0) is 23.1 Å². The molecule has 1 atom stereocenters. The lowest BCUT2D eigenvalue weighted by atomic mass is 10.0. The number of aryl methyl sites for hydroxylation is 1. The van der Waals surface area contributed by atoms with E-state index in [2.05, 4.69) is 15.3 Å². The van der Waals surface area contributed by atoms with Gasteiger partial charge in [0.25, 0.3) is 11.5 Å². The summed E-state index contributed by atoms with van der Waals surface area (Å²) in [7, 11) is 1.45. The summed E-state index contributed by atoms with van der Waals surface area (Å²) in [4.78, 5) is 48.9. The Bertz CT molecular complexity index is 1770. The Morgan fingerprint density at radius 3 is 2.73 bits per heavy atom. The quantitative estimate of drug-likeness (QED) is 0.303. The number of anilines is 2. The summed E-state index contributed by atoms with van der Waals surface area (Å²) < 4.78 is 23.3. The first-order valence-corrected chi connectivity index (χ1v) is 13.1. The number of carbonyl (C=O) groups is 2. The monoisotopic (exact) mass is 603 g/mol. The average molecular weight is 604 g/mol. The summed E-state index contributed by atoms with van der Waals surface area (Å²) in [5.41, 5.74) is 4.45. The van der Waals surface area contributed by atoms with Crippen molar-refractivity contribution in [1.29, 1.82) is 0 Å². The van der Waals surface area contributed by atoms with Gasteiger partial charge in [0.05, 0.1) is 53.4 Å². The van der Waals surface area contributed by atoms with Crippen LogP contribution in [-0.4, -0.2) is 61.8 Å². The first-order chi connectivity index (χ1) is 19.5. The fourth-order valence-electron chi connectivity index (χ4n) is 4.68. The molecule has 2 amide bonds. The van der Waals surface area contributed by atoms with Crippen molar-refractivity contribution in [2.75, 3.05) is 30.0 Å². The third kappa shape index (κ3) is 5.19. The Balaban J connectivity index is 1.53. The van der Waals surface area contributed by atoms with E-state index in [1.54, 1.807) is 6.07 Å². The number of fused-ring (bicyclic) bond motifs is 1. The fraction of sp³-hybridized carbons (Fsp3) is 0.269. The van der Waals surface area contributed by atoms with Gasteiger partial charge in [-0.2, -0.15) is 0 Å². The minimum Gasteiger partial charge on any atom is -0.505 e. The Morgan fingerprint density at radius 1 is 1.27 bits per heavy atom. The molecule has 0 bridgehead atoms. The number of primary amides is 1. The predicted octanol–water partition coefficient (Wildman–Crippen LogP) is 2.91. The van der Waals surface area contributed by atoms with E-state index >= 15 is 4.39 Å². The molecule has 4 aromatic rings. The van der Waals surface area contributed by atoms with Gasteiger partial charge in [-0.3, -0.25) is 14.4 Å². The van der Waals surface area contributed by atoms with E-state index in [4.69, 9.17) is 33.7 Å². The molecule has 1 fully saturated rings. The number of rotatable bonds is 6. The molecule has 1 aliphatic heterocycles. The van der Waals surface area contributed by atoms with Crippen molar-refractivity contribution in [2.24, 2.45) is 12.8 Å². The number of hydrogen-bond acceptors (Lipinski definition) is 8. The number of aromatic hydroxyl groups is 1. The number of nitrogens with two attached hydrogens (primary N) is 1. The van der Waals surface area contributed by atoms with Crippen molar-refractivity contribution in [3.05, 3.63) is 62.6 Å². The topological polar surface area (TPSA) is 158 Å². The van der Waals surface area contributed by atoms with Crippen molar-refractivity contribution < 1.29 is 23.8 Å². The van der Waals surface area contributed by atoms with E-state index in [0.717, 1.165) is 6.07 Å². The highest BCUT2D eigenvalue weighted by Gasteiger charge is 2.26. The number of carbonyl (C=O) groups excluding carboxylic acids is 2. The van der Waals surface area contributed by atoms with Crippen LogP contribution >= 0.6 is 23.2 Å². The molecule has 41 heavy (non-hydrogen) atoms. The lowest BCUT2D eigenvalue weighted by molar-refractivity contribution is -0.116. The van der Waals surface area contributed by atoms with Crippen LogP contribution in [0, 0.1) is 5.82 Å². The summed E-state index contributed by atoms with van der Waals surface area (Å²) in [6.45, 7) is 3.36. The second-order valence-electron chi connectivity index (χ2n) is 9.53. The molecule has 1 aromatic carbocycles. The van der Waals surface area contributed by atoms with E-state index in [-0.39, 0.29) is 39.8 Å². The zero-order valence-corrected chi connectivity index (χ0v) is 23.3. The van der Waals surface area contributed by atoms with Gasteiger partial charge >= 0.3 is 0 Å². The van der Waals surface area contributed by atoms with Crippen molar-refractivity contribution in [3.8, 4) is 16.9 Å². The number of hydrogen-bond donors (Lipinski definition) is 3. The molecule has 0 radical (unpaired) electrons. The molecule has 0 saturated carbocycles. The van der Waals surface area contributed by atoms with Crippen LogP contribution in [0.2, 0.25) is 10.0 Å². The molecular formula is C26H24Cl2FN7O5. The van der Waals surface area contributed by atoms with Crippen LogP contribution in [0.1, 0.15) is 17.3 Å². The number of pyridine rings is 1. The van der Waals surface area contributed by atoms with Crippen molar-refractivity contribution in [1.82, 2.24) is 19.1 Å². The Morgan fingerprint density at radius 2 is 2.02 bits per heavy atom. The number of nitrogens with one attached hydrogen (secondary N) is 1. The highest BCUT2D eigenvalue weighted by atomic mass is 35.5. The van der Waals surface area contributed by atoms with Gasteiger partial charge < -0.3 is 34.9 Å². The summed E-state index contributed by atoms with van der Waals surface area (Å²) in [5.74, 6) is -2.87. The molecule has 0 unspecified atom stereocenters. The van der Waals surface area contributed by atoms with E-state index in [9.17, 15) is 19.5 Å². The van der Waals surface area contributed by atoms with Crippen LogP contribution in [0.15, 0.2) is 35.6 Å². The van der Waals surface area contributed by atoms with Crippen LogP contribution in [0.3, 0.4) is 0 Å². The first kappa shape index (κ1) is 28.3. The lowest BCUT2D eigenvalue weighted by Crippen LogP contribution is -2.44. The lowest BCUT2D eigenvalue weighted by Gasteiger charge is -2.34. The Hall–Kier alpha value is -4.20. The highest BCUT2D eigenvalue weighted by Crippen LogP contribution is 2.39. The third-order valence-corrected chi connectivity index (χ3v) is 7.41. The maximum absolute atomic E-state index is 15.3. The van der Waals surface area contributed by atoms with Crippen molar-refractivity contribution in [2.45, 2.75) is 19.5 Å². The van der Waals surface area contributed by atoms with Gasteiger partial charge in [-0.15, -0.1) is 0 Å². The second kappa shape index (κ2) is 11.0. The number of ether oxygens (including phenoxy) is 1. The maximum Gasteiger partial charge on any atom is 0.263 e. The smallest absolute Gasteiger partial charge is 0.263 e. The maximum atomic E-state index is 15.3. The molecule has 0 spiro atoms. The molecule has 4 N–H and O–H groups in total. The minimum absolute atomic E-state index is 0.00562. The molecule has 1 saturated heterocycles. The number of amides is 2. The molecule has 5 rings (SSSR count). The summed E-state index contributed by atoms with van der Waals surface area (Å²) in [6.07, 6.45) is 4.04. The van der Waals surface area contributed by atoms with Crippen LogP contribution in [0.25, 0.3) is 22.2 Å². The van der Waals surface area contributed by atoms with E-state index in [1.165, 1.54) is 34.9 Å². The SMILES string of the molecule is C[C@H]1COCCN1c1cc(NC(=O)Cn2cc(-c3cc(C(N)=O)c(O)c(Cl)c3F)c3c(=O)n(C)cnc32)c(Cl)cn1. The van der Waals surface area contributed by atoms with Crippen LogP contribution in [0.5, 0.6) is 5.75 Å². The van der Waals surface area contributed by atoms with Gasteiger partial charge in [0.1, 0.15) is 28.8 Å². The van der Waals surface area contributed by atoms with Gasteiger partial charge in [-0.1, -0.05) is 23.2 Å². The minimum atomic E-state index is -1.09. The molecule has 3 aromatic heterocycles. The molecule has 4 heterocycles. The molecule has 214 valence electrons. The fourth-order valence-corrected chi connectivity index (χ4v) is 5.04. The van der Waals surface area contributed by atoms with E-state index in [0.29, 0.717) is 31.3 Å². The predicted molar refractivity (Wildman–Crippen MR) is 151 cm³/mol. The number of phenols is 1. The van der Waals surface area contributed by atoms with Gasteiger partial charge in [0, 0.05) is 37.0 Å². The summed E-state index contributed by atoms with van der Waals surface area (Å²) in [6, 6.07) is 2.73. The van der Waals surface area contributed by atoms with Crippen molar-refractivity contribution >= 4 is 57.6 Å². The van der Waals surface area contributed by atoms with Crippen LogP contribution in [0.4, 0.5) is 15.9 Å². The van der Waals surface area contributed by atoms with Gasteiger partial charge in [-0.05, 0) is 13.0 Å². The summed E-state index contributed by atoms with van der Waals surface area (Å²) in [5, 5.41) is 12.3. The zero-order valence-electron chi connectivity index (χ0n) is 21.8. The number of nitrogens with zero attached hydrogens (tertiary/aromatic N) is 5. The van der Waals surface area contributed by atoms with E-state index < -0.39 is 39.5 Å². The zero-order chi connectivity index (χ0) is 29.6. The van der Waals surface area contributed by atoms with Crippen molar-refractivity contribution in [3.63, 3.8) is 0 Å². The highest BCUT2D eigenvalue weighted by molar-refractivity contribution is 6.34. The molecule has 12 nitrogen and oxygen atoms in total. The average Bonchev–Trinajstić information content (AvgIpc) is 3.29. The van der Waals surface area contributed by atoms with Gasteiger partial charge in [0.15, 0.2) is 5.82 Å². The molecule has 0 aliphatic carbocycles. The second-order valence-corrected chi connectivity index (χ2v) is 10.3. The first-order valence-electron chi connectivity index (χ1n) is 12.3. The largest absolute Gasteiger partial charge is 0.505 e. The molecule has 15 heteroatoms. The Labute approximate surface area is 242 Å². The number of halogens is 3. The number of morpholine rings is 1. The van der Waals surface area contributed by atoms with Gasteiger partial charge in [0.2, 0.25) is 5.91 Å². The molecule has 1 aliphatic rings. The van der Waals surface area contributed by atoms with Crippen LogP contribution < -0.4 is 21.5 Å². The third-order valence-electron chi connectivity index (χ3n) is 6.76. The van der Waals surface area contributed by atoms with E-state index in [1.807, 2.05) is 11.8 Å². The Kier molecular flexibility index (Phi) is 7.60. The number of benzene rings is 1. The normalized spacial score (nSPS) is 15.3. The molecular weight excluding hydrogens is 580 g/mol. The standard InChI is InChI=1S/C26H24Cl2FN7O5/c1-12-10-41-4-3-36(12)18-6-17(16(27)7-31-18)33-19(37)9-35-8-15(20-25(35)32-11-34(2)26(20)40)13-5-14(24(30)39)23(38)21(28)22(13)29/h5-8,11-12,38H,3-4,9-10H2,1-2H3,(H2,30,39)(H,31,33,37)/t12-/m0/s1.